The molecule has 2 rings (SSSR count). The van der Waals surface area contributed by atoms with Gasteiger partial charge in [0, 0.05) is 23.8 Å². The summed E-state index contributed by atoms with van der Waals surface area (Å²) in [6.45, 7) is 7.24. The van der Waals surface area contributed by atoms with Gasteiger partial charge in [0.25, 0.3) is 5.91 Å². The second kappa shape index (κ2) is 9.07. The largest absolute Gasteiger partial charge is 0.497 e. The molecule has 0 saturated carbocycles. The lowest BCUT2D eigenvalue weighted by Crippen LogP contribution is -2.30. The second-order valence-corrected chi connectivity index (χ2v) is 6.28. The van der Waals surface area contributed by atoms with Gasteiger partial charge in [-0.25, -0.2) is 4.79 Å². The van der Waals surface area contributed by atoms with Gasteiger partial charge in [-0.2, -0.15) is 0 Å². The molecule has 0 spiro atoms. The van der Waals surface area contributed by atoms with Gasteiger partial charge < -0.3 is 19.7 Å². The predicted octanol–water partition coefficient (Wildman–Crippen LogP) is 3.97. The molecular weight excluding hydrogens is 344 g/mol. The second-order valence-electron chi connectivity index (χ2n) is 6.28. The Kier molecular flexibility index (Phi) is 6.82. The van der Waals surface area contributed by atoms with Crippen molar-refractivity contribution in [2.24, 2.45) is 0 Å². The molecule has 6 heteroatoms. The first-order valence-corrected chi connectivity index (χ1v) is 8.85. The van der Waals surface area contributed by atoms with E-state index in [1.807, 2.05) is 12.1 Å². The van der Waals surface area contributed by atoms with E-state index >= 15 is 0 Å². The van der Waals surface area contributed by atoms with Crippen molar-refractivity contribution in [3.8, 4) is 5.75 Å². The highest BCUT2D eigenvalue weighted by molar-refractivity contribution is 6.08. The third kappa shape index (κ3) is 4.78. The molecule has 0 aliphatic carbocycles. The molecule has 0 fully saturated rings. The van der Waals surface area contributed by atoms with Crippen LogP contribution in [-0.2, 0) is 4.74 Å². The van der Waals surface area contributed by atoms with Crippen LogP contribution in [0.25, 0.3) is 0 Å². The van der Waals surface area contributed by atoms with Crippen LogP contribution in [0.2, 0.25) is 0 Å². The summed E-state index contributed by atoms with van der Waals surface area (Å²) in [4.78, 5) is 26.8. The van der Waals surface area contributed by atoms with E-state index in [1.165, 1.54) is 20.3 Å². The van der Waals surface area contributed by atoms with Crippen molar-refractivity contribution in [1.29, 1.82) is 0 Å². The molecule has 0 atom stereocenters. The summed E-state index contributed by atoms with van der Waals surface area (Å²) in [7, 11) is 2.80. The van der Waals surface area contributed by atoms with Crippen molar-refractivity contribution in [2.45, 2.75) is 26.8 Å². The minimum absolute atomic E-state index is 0.235. The number of hydrogen-bond donors (Lipinski definition) is 1. The highest BCUT2D eigenvalue weighted by atomic mass is 16.5. The van der Waals surface area contributed by atoms with Crippen LogP contribution in [0.1, 0.15) is 41.5 Å². The summed E-state index contributed by atoms with van der Waals surface area (Å²) in [6.07, 6.45) is 0. The number of methoxy groups -OCH3 is 2. The van der Waals surface area contributed by atoms with E-state index < -0.39 is 5.97 Å². The molecule has 0 heterocycles. The molecule has 1 amide bonds. The smallest absolute Gasteiger partial charge is 0.340 e. The first-order chi connectivity index (χ1) is 12.9. The molecule has 144 valence electrons. The number of hydrogen-bond acceptors (Lipinski definition) is 5. The van der Waals surface area contributed by atoms with Gasteiger partial charge in [-0.3, -0.25) is 4.79 Å². The van der Waals surface area contributed by atoms with Gasteiger partial charge in [0.15, 0.2) is 0 Å². The average Bonchev–Trinajstić information content (AvgIpc) is 2.68. The molecule has 0 bridgehead atoms. The lowest BCUT2D eigenvalue weighted by molar-refractivity contribution is 0.0601. The van der Waals surface area contributed by atoms with E-state index in [0.717, 1.165) is 12.2 Å². The number of esters is 1. The monoisotopic (exact) mass is 370 g/mol. The maximum Gasteiger partial charge on any atom is 0.340 e. The fraction of sp³-hybridized carbons (Fsp3) is 0.333. The fourth-order valence-corrected chi connectivity index (χ4v) is 2.88. The van der Waals surface area contributed by atoms with Crippen LogP contribution in [0.4, 0.5) is 11.4 Å². The summed E-state index contributed by atoms with van der Waals surface area (Å²) in [5.74, 6) is -0.342. The maximum atomic E-state index is 12.6. The molecule has 27 heavy (non-hydrogen) atoms. The van der Waals surface area contributed by atoms with Gasteiger partial charge in [0.2, 0.25) is 0 Å². The third-order valence-electron chi connectivity index (χ3n) is 4.31. The van der Waals surface area contributed by atoms with Crippen LogP contribution < -0.4 is 15.0 Å². The molecular formula is C21H26N2O4. The summed E-state index contributed by atoms with van der Waals surface area (Å²) in [6, 6.07) is 12.6. The Labute approximate surface area is 160 Å². The summed E-state index contributed by atoms with van der Waals surface area (Å²) >= 11 is 0. The van der Waals surface area contributed by atoms with Crippen LogP contribution in [0.3, 0.4) is 0 Å². The fourth-order valence-electron chi connectivity index (χ4n) is 2.88. The van der Waals surface area contributed by atoms with E-state index in [1.54, 1.807) is 24.3 Å². The number of carbonyl (C=O) groups is 2. The SMILES string of the molecule is CCN(c1ccc(C(=O)Nc2ccc(OC)cc2C(=O)OC)cc1)C(C)C. The van der Waals surface area contributed by atoms with Crippen molar-refractivity contribution in [2.75, 3.05) is 31.0 Å². The first kappa shape index (κ1) is 20.3. The Bertz CT molecular complexity index is 800. The van der Waals surface area contributed by atoms with Crippen molar-refractivity contribution >= 4 is 23.3 Å². The van der Waals surface area contributed by atoms with Crippen LogP contribution in [0.15, 0.2) is 42.5 Å². The van der Waals surface area contributed by atoms with E-state index in [2.05, 4.69) is 31.0 Å². The van der Waals surface area contributed by atoms with Gasteiger partial charge in [0.05, 0.1) is 25.5 Å². The van der Waals surface area contributed by atoms with Gasteiger partial charge in [-0.05, 0) is 63.2 Å². The summed E-state index contributed by atoms with van der Waals surface area (Å²) < 4.78 is 9.92. The number of benzene rings is 2. The molecule has 6 nitrogen and oxygen atoms in total. The number of nitrogens with one attached hydrogen (secondary N) is 1. The van der Waals surface area contributed by atoms with Gasteiger partial charge in [0.1, 0.15) is 5.75 Å². The van der Waals surface area contributed by atoms with Gasteiger partial charge >= 0.3 is 5.97 Å². The van der Waals surface area contributed by atoms with Crippen LogP contribution in [0, 0.1) is 0 Å². The van der Waals surface area contributed by atoms with Crippen molar-refractivity contribution in [1.82, 2.24) is 0 Å². The molecule has 1 N–H and O–H groups in total. The van der Waals surface area contributed by atoms with E-state index in [9.17, 15) is 9.59 Å². The highest BCUT2D eigenvalue weighted by Crippen LogP contribution is 2.24. The number of rotatable bonds is 7. The average molecular weight is 370 g/mol. The molecule has 2 aromatic carbocycles. The Morgan fingerprint density at radius 2 is 1.74 bits per heavy atom. The van der Waals surface area contributed by atoms with E-state index in [0.29, 0.717) is 23.0 Å². The molecule has 0 aromatic heterocycles. The lowest BCUT2D eigenvalue weighted by atomic mass is 10.1. The molecule has 0 radical (unpaired) electrons. The van der Waals surface area contributed by atoms with Gasteiger partial charge in [-0.15, -0.1) is 0 Å². The van der Waals surface area contributed by atoms with Crippen molar-refractivity contribution in [3.05, 3.63) is 53.6 Å². The topological polar surface area (TPSA) is 67.9 Å². The lowest BCUT2D eigenvalue weighted by Gasteiger charge is -2.27. The minimum Gasteiger partial charge on any atom is -0.497 e. The molecule has 0 aliphatic rings. The molecule has 0 unspecified atom stereocenters. The Morgan fingerprint density at radius 1 is 1.07 bits per heavy atom. The van der Waals surface area contributed by atoms with Crippen molar-refractivity contribution in [3.63, 3.8) is 0 Å². The number of anilines is 2. The van der Waals surface area contributed by atoms with Gasteiger partial charge in [-0.1, -0.05) is 0 Å². The molecule has 2 aromatic rings. The quantitative estimate of drug-likeness (QED) is 0.747. The number of ether oxygens (including phenoxy) is 2. The summed E-state index contributed by atoms with van der Waals surface area (Å²) in [5.41, 5.74) is 2.17. The predicted molar refractivity (Wildman–Crippen MR) is 107 cm³/mol. The van der Waals surface area contributed by atoms with Crippen LogP contribution in [0.5, 0.6) is 5.75 Å². The van der Waals surface area contributed by atoms with E-state index in [-0.39, 0.29) is 11.5 Å². The summed E-state index contributed by atoms with van der Waals surface area (Å²) in [5, 5.41) is 2.77. The normalized spacial score (nSPS) is 10.4. The maximum absolute atomic E-state index is 12.6. The Hall–Kier alpha value is -3.02. The minimum atomic E-state index is -0.546. The van der Waals surface area contributed by atoms with E-state index in [4.69, 9.17) is 9.47 Å². The zero-order valence-electron chi connectivity index (χ0n) is 16.4. The zero-order chi connectivity index (χ0) is 20.0. The first-order valence-electron chi connectivity index (χ1n) is 8.85. The third-order valence-corrected chi connectivity index (χ3v) is 4.31. The van der Waals surface area contributed by atoms with Crippen LogP contribution in [-0.4, -0.2) is 38.7 Å². The number of carbonyl (C=O) groups excluding carboxylic acids is 2. The molecule has 0 aliphatic heterocycles. The van der Waals surface area contributed by atoms with Crippen LogP contribution >= 0.6 is 0 Å². The Morgan fingerprint density at radius 3 is 2.26 bits per heavy atom. The number of amides is 1. The Balaban J connectivity index is 2.23. The van der Waals surface area contributed by atoms with Crippen molar-refractivity contribution < 1.29 is 19.1 Å². The highest BCUT2D eigenvalue weighted by Gasteiger charge is 2.16. The standard InChI is InChI=1S/C21H26N2O4/c1-6-23(14(2)3)16-9-7-15(8-10-16)20(24)22-19-12-11-17(26-4)13-18(19)21(25)27-5/h7-14H,6H2,1-5H3,(H,22,24). The number of nitrogens with zero attached hydrogens (tertiary/aromatic N) is 1. The molecule has 0 saturated heterocycles. The zero-order valence-corrected chi connectivity index (χ0v) is 16.4.